The molecule has 9 heteroatoms. The van der Waals surface area contributed by atoms with Crippen LogP contribution in [0, 0.1) is 5.92 Å². The second-order valence-electron chi connectivity index (χ2n) is 5.31. The van der Waals surface area contributed by atoms with E-state index in [1.165, 1.54) is 17.3 Å². The summed E-state index contributed by atoms with van der Waals surface area (Å²) >= 11 is 0. The van der Waals surface area contributed by atoms with Gasteiger partial charge in [0.1, 0.15) is 12.7 Å². The normalized spacial score (nSPS) is 11.8. The maximum absolute atomic E-state index is 12.2. The summed E-state index contributed by atoms with van der Waals surface area (Å²) < 4.78 is 6.73. The van der Waals surface area contributed by atoms with Crippen molar-refractivity contribution in [1.82, 2.24) is 20.1 Å². The SMILES string of the molecule is CC(C)[C@@H](OC(=O)c1ccc(-n2cncn2)cc1)C(=O)NC(N)=O. The van der Waals surface area contributed by atoms with Crippen LogP contribution in [-0.4, -0.2) is 38.8 Å². The molecule has 1 aromatic heterocycles. The minimum atomic E-state index is -1.13. The van der Waals surface area contributed by atoms with Gasteiger partial charge in [0.15, 0.2) is 6.10 Å². The lowest BCUT2D eigenvalue weighted by molar-refractivity contribution is -0.130. The number of nitrogens with one attached hydrogen (secondary N) is 1. The predicted molar refractivity (Wildman–Crippen MR) is 83.1 cm³/mol. The molecule has 0 saturated heterocycles. The summed E-state index contributed by atoms with van der Waals surface area (Å²) in [6.07, 6.45) is 1.79. The van der Waals surface area contributed by atoms with Crippen molar-refractivity contribution in [2.45, 2.75) is 20.0 Å². The number of carbonyl (C=O) groups excluding carboxylic acids is 3. The number of carbonyl (C=O) groups is 3. The highest BCUT2D eigenvalue weighted by atomic mass is 16.5. The van der Waals surface area contributed by atoms with E-state index in [9.17, 15) is 14.4 Å². The van der Waals surface area contributed by atoms with Gasteiger partial charge in [-0.05, 0) is 30.2 Å². The van der Waals surface area contributed by atoms with Crippen molar-refractivity contribution in [1.29, 1.82) is 0 Å². The van der Waals surface area contributed by atoms with Crippen LogP contribution in [0.25, 0.3) is 5.69 Å². The van der Waals surface area contributed by atoms with Crippen molar-refractivity contribution in [2.75, 3.05) is 0 Å². The first-order valence-corrected chi connectivity index (χ1v) is 7.15. The van der Waals surface area contributed by atoms with Crippen LogP contribution in [0.2, 0.25) is 0 Å². The fourth-order valence-electron chi connectivity index (χ4n) is 1.96. The number of nitrogens with zero attached hydrogens (tertiary/aromatic N) is 3. The molecule has 9 nitrogen and oxygen atoms in total. The third-order valence-electron chi connectivity index (χ3n) is 3.13. The van der Waals surface area contributed by atoms with E-state index in [0.717, 1.165) is 5.69 Å². The van der Waals surface area contributed by atoms with E-state index in [-0.39, 0.29) is 11.5 Å². The summed E-state index contributed by atoms with van der Waals surface area (Å²) in [7, 11) is 0. The first-order chi connectivity index (χ1) is 11.4. The number of nitrogens with two attached hydrogens (primary N) is 1. The largest absolute Gasteiger partial charge is 0.448 e. The highest BCUT2D eigenvalue weighted by Crippen LogP contribution is 2.13. The molecule has 1 heterocycles. The zero-order valence-corrected chi connectivity index (χ0v) is 13.2. The van der Waals surface area contributed by atoms with Crippen LogP contribution in [0.5, 0.6) is 0 Å². The molecule has 0 aliphatic carbocycles. The van der Waals surface area contributed by atoms with E-state index in [1.54, 1.807) is 38.1 Å². The Hall–Kier alpha value is -3.23. The van der Waals surface area contributed by atoms with E-state index in [0.29, 0.717) is 0 Å². The molecule has 0 radical (unpaired) electrons. The van der Waals surface area contributed by atoms with Crippen molar-refractivity contribution in [2.24, 2.45) is 11.7 Å². The van der Waals surface area contributed by atoms with E-state index in [2.05, 4.69) is 10.1 Å². The smallest absolute Gasteiger partial charge is 0.338 e. The number of primary amides is 1. The van der Waals surface area contributed by atoms with Gasteiger partial charge in [-0.1, -0.05) is 13.8 Å². The zero-order valence-electron chi connectivity index (χ0n) is 13.2. The first-order valence-electron chi connectivity index (χ1n) is 7.15. The van der Waals surface area contributed by atoms with Gasteiger partial charge in [0.05, 0.1) is 11.3 Å². The molecule has 1 atom stereocenters. The fraction of sp³-hybridized carbons (Fsp3) is 0.267. The predicted octanol–water partition coefficient (Wildman–Crippen LogP) is 0.644. The van der Waals surface area contributed by atoms with Gasteiger partial charge in [-0.25, -0.2) is 19.3 Å². The molecule has 3 N–H and O–H groups in total. The van der Waals surface area contributed by atoms with Crippen molar-refractivity contribution < 1.29 is 19.1 Å². The summed E-state index contributed by atoms with van der Waals surface area (Å²) in [5, 5.41) is 5.89. The number of aromatic nitrogens is 3. The van der Waals surface area contributed by atoms with Crippen LogP contribution < -0.4 is 11.1 Å². The van der Waals surface area contributed by atoms with Gasteiger partial charge >= 0.3 is 12.0 Å². The average Bonchev–Trinajstić information content (AvgIpc) is 3.05. The summed E-state index contributed by atoms with van der Waals surface area (Å²) in [6, 6.07) is 5.42. The first kappa shape index (κ1) is 17.1. The maximum atomic E-state index is 12.2. The van der Waals surface area contributed by atoms with Crippen LogP contribution >= 0.6 is 0 Å². The number of benzene rings is 1. The molecule has 0 saturated carbocycles. The van der Waals surface area contributed by atoms with E-state index in [1.807, 2.05) is 5.32 Å². The Labute approximate surface area is 137 Å². The number of ether oxygens (including phenoxy) is 1. The molecule has 0 unspecified atom stereocenters. The minimum absolute atomic E-state index is 0.261. The molecular weight excluding hydrogens is 314 g/mol. The molecule has 3 amide bonds. The van der Waals surface area contributed by atoms with Gasteiger partial charge in [-0.2, -0.15) is 5.10 Å². The summed E-state index contributed by atoms with van der Waals surface area (Å²) in [5.74, 6) is -1.77. The number of imide groups is 1. The Bertz CT molecular complexity index is 725. The molecule has 0 fully saturated rings. The van der Waals surface area contributed by atoms with Crippen LogP contribution in [-0.2, 0) is 9.53 Å². The van der Waals surface area contributed by atoms with Crippen molar-refractivity contribution in [3.8, 4) is 5.69 Å². The van der Waals surface area contributed by atoms with Gasteiger partial charge in [0.25, 0.3) is 5.91 Å². The molecule has 24 heavy (non-hydrogen) atoms. The molecule has 0 aliphatic heterocycles. The minimum Gasteiger partial charge on any atom is -0.448 e. The molecule has 0 aliphatic rings. The molecule has 1 aromatic carbocycles. The summed E-state index contributed by atoms with van der Waals surface area (Å²) in [4.78, 5) is 38.7. The fourth-order valence-corrected chi connectivity index (χ4v) is 1.96. The van der Waals surface area contributed by atoms with E-state index < -0.39 is 24.0 Å². The standard InChI is InChI=1S/C15H17N5O4/c1-9(2)12(13(21)19-15(16)23)24-14(22)10-3-5-11(6-4-10)20-8-17-7-18-20/h3-9,12H,1-2H3,(H3,16,19,21,23)/t12-/m1/s1. The third kappa shape index (κ3) is 4.15. The van der Waals surface area contributed by atoms with Gasteiger partial charge in [0, 0.05) is 0 Å². The lowest BCUT2D eigenvalue weighted by atomic mass is 10.1. The van der Waals surface area contributed by atoms with Crippen LogP contribution in [0.1, 0.15) is 24.2 Å². The molecule has 0 bridgehead atoms. The van der Waals surface area contributed by atoms with Crippen molar-refractivity contribution in [3.63, 3.8) is 0 Å². The molecule has 2 aromatic rings. The lowest BCUT2D eigenvalue weighted by Gasteiger charge is -2.19. The van der Waals surface area contributed by atoms with E-state index in [4.69, 9.17) is 10.5 Å². The highest BCUT2D eigenvalue weighted by Gasteiger charge is 2.27. The quantitative estimate of drug-likeness (QED) is 0.774. The molecule has 0 spiro atoms. The zero-order chi connectivity index (χ0) is 17.7. The Balaban J connectivity index is 2.09. The third-order valence-corrected chi connectivity index (χ3v) is 3.13. The number of rotatable bonds is 5. The van der Waals surface area contributed by atoms with Gasteiger partial charge in [0.2, 0.25) is 0 Å². The molecular formula is C15H17N5O4. The Kier molecular flexibility index (Phi) is 5.25. The average molecular weight is 331 g/mol. The second-order valence-corrected chi connectivity index (χ2v) is 5.31. The summed E-state index contributed by atoms with van der Waals surface area (Å²) in [5.41, 5.74) is 5.89. The van der Waals surface area contributed by atoms with Crippen LogP contribution in [0.3, 0.4) is 0 Å². The van der Waals surface area contributed by atoms with Gasteiger partial charge < -0.3 is 10.5 Å². The lowest BCUT2D eigenvalue weighted by Crippen LogP contribution is -2.45. The Morgan fingerprint density at radius 1 is 1.21 bits per heavy atom. The highest BCUT2D eigenvalue weighted by molar-refractivity contribution is 5.98. The molecule has 2 rings (SSSR count). The maximum Gasteiger partial charge on any atom is 0.338 e. The second kappa shape index (κ2) is 7.36. The number of hydrogen-bond donors (Lipinski definition) is 2. The summed E-state index contributed by atoms with van der Waals surface area (Å²) in [6.45, 7) is 3.37. The van der Waals surface area contributed by atoms with Gasteiger partial charge in [-0.15, -0.1) is 0 Å². The number of hydrogen-bond acceptors (Lipinski definition) is 6. The van der Waals surface area contributed by atoms with Crippen molar-refractivity contribution in [3.05, 3.63) is 42.5 Å². The number of esters is 1. The number of urea groups is 1. The Morgan fingerprint density at radius 2 is 1.88 bits per heavy atom. The van der Waals surface area contributed by atoms with Crippen molar-refractivity contribution >= 4 is 17.9 Å². The Morgan fingerprint density at radius 3 is 2.38 bits per heavy atom. The van der Waals surface area contributed by atoms with E-state index >= 15 is 0 Å². The number of amides is 3. The van der Waals surface area contributed by atoms with Crippen LogP contribution in [0.4, 0.5) is 4.79 Å². The van der Waals surface area contributed by atoms with Crippen LogP contribution in [0.15, 0.2) is 36.9 Å². The molecule has 126 valence electrons. The van der Waals surface area contributed by atoms with Gasteiger partial charge in [-0.3, -0.25) is 10.1 Å². The monoisotopic (exact) mass is 331 g/mol. The topological polar surface area (TPSA) is 129 Å².